The Hall–Kier alpha value is -0.730. The van der Waals surface area contributed by atoms with Crippen molar-refractivity contribution in [2.24, 2.45) is 11.8 Å². The van der Waals surface area contributed by atoms with Crippen molar-refractivity contribution in [2.75, 3.05) is 25.0 Å². The highest BCUT2D eigenvalue weighted by atomic mass is 35.5. The number of halogens is 1. The van der Waals surface area contributed by atoms with Gasteiger partial charge < -0.3 is 10.2 Å². The standard InChI is InChI=1S/C15H23ClN2/c1-4-17-9-12-8-14(16)5-6-15(12)18(3)10-13-7-11(13)2/h5-6,8,11,13,17H,4,7,9-10H2,1-3H3. The maximum absolute atomic E-state index is 6.10. The zero-order valence-corrected chi connectivity index (χ0v) is 12.3. The molecule has 2 nitrogen and oxygen atoms in total. The topological polar surface area (TPSA) is 15.3 Å². The Kier molecular flexibility index (Phi) is 4.52. The van der Waals surface area contributed by atoms with E-state index in [1.54, 1.807) is 0 Å². The predicted octanol–water partition coefficient (Wildman–Crippen LogP) is 3.54. The van der Waals surface area contributed by atoms with Crippen molar-refractivity contribution in [1.82, 2.24) is 5.32 Å². The van der Waals surface area contributed by atoms with E-state index in [0.717, 1.165) is 36.5 Å². The van der Waals surface area contributed by atoms with E-state index in [4.69, 9.17) is 11.6 Å². The molecular formula is C15H23ClN2. The first-order chi connectivity index (χ1) is 8.61. The molecule has 2 unspecified atom stereocenters. The van der Waals surface area contributed by atoms with E-state index in [2.05, 4.69) is 43.2 Å². The third-order valence-electron chi connectivity index (χ3n) is 3.80. The zero-order chi connectivity index (χ0) is 13.1. The Bertz CT molecular complexity index is 405. The number of hydrogen-bond acceptors (Lipinski definition) is 2. The first-order valence-electron chi connectivity index (χ1n) is 6.82. The monoisotopic (exact) mass is 266 g/mol. The average Bonchev–Trinajstić information content (AvgIpc) is 3.02. The molecule has 18 heavy (non-hydrogen) atoms. The molecule has 2 rings (SSSR count). The van der Waals surface area contributed by atoms with E-state index in [1.807, 2.05) is 6.07 Å². The zero-order valence-electron chi connectivity index (χ0n) is 11.5. The largest absolute Gasteiger partial charge is 0.374 e. The van der Waals surface area contributed by atoms with E-state index in [-0.39, 0.29) is 0 Å². The van der Waals surface area contributed by atoms with Gasteiger partial charge in [-0.3, -0.25) is 0 Å². The van der Waals surface area contributed by atoms with Crippen LogP contribution in [0.25, 0.3) is 0 Å². The minimum Gasteiger partial charge on any atom is -0.374 e. The molecular weight excluding hydrogens is 244 g/mol. The molecule has 0 aliphatic heterocycles. The van der Waals surface area contributed by atoms with Crippen LogP contribution in [0.5, 0.6) is 0 Å². The van der Waals surface area contributed by atoms with Crippen molar-refractivity contribution < 1.29 is 0 Å². The molecule has 0 bridgehead atoms. The number of nitrogens with one attached hydrogen (secondary N) is 1. The molecule has 1 aromatic carbocycles. The van der Waals surface area contributed by atoms with Crippen molar-refractivity contribution >= 4 is 17.3 Å². The molecule has 1 N–H and O–H groups in total. The molecule has 1 fully saturated rings. The SMILES string of the molecule is CCNCc1cc(Cl)ccc1N(C)CC1CC1C. The van der Waals surface area contributed by atoms with Crippen LogP contribution in [0.3, 0.4) is 0 Å². The summed E-state index contributed by atoms with van der Waals surface area (Å²) in [5.41, 5.74) is 2.60. The molecule has 0 heterocycles. The molecule has 0 aromatic heterocycles. The van der Waals surface area contributed by atoms with Gasteiger partial charge in [0.05, 0.1) is 0 Å². The van der Waals surface area contributed by atoms with Crippen LogP contribution in [0.15, 0.2) is 18.2 Å². The number of anilines is 1. The summed E-state index contributed by atoms with van der Waals surface area (Å²) in [6.45, 7) is 7.48. The summed E-state index contributed by atoms with van der Waals surface area (Å²) in [7, 11) is 2.18. The third-order valence-corrected chi connectivity index (χ3v) is 4.04. The van der Waals surface area contributed by atoms with Crippen LogP contribution in [0.2, 0.25) is 5.02 Å². The molecule has 0 spiro atoms. The predicted molar refractivity (Wildman–Crippen MR) is 79.4 cm³/mol. The van der Waals surface area contributed by atoms with Gasteiger partial charge in [0.2, 0.25) is 0 Å². The van der Waals surface area contributed by atoms with Crippen LogP contribution in [0.4, 0.5) is 5.69 Å². The van der Waals surface area contributed by atoms with Crippen molar-refractivity contribution in [2.45, 2.75) is 26.8 Å². The van der Waals surface area contributed by atoms with Crippen LogP contribution >= 0.6 is 11.6 Å². The molecule has 1 aliphatic rings. The van der Waals surface area contributed by atoms with E-state index < -0.39 is 0 Å². The van der Waals surface area contributed by atoms with Crippen LogP contribution in [-0.2, 0) is 6.54 Å². The molecule has 1 aliphatic carbocycles. The Morgan fingerprint density at radius 3 is 2.78 bits per heavy atom. The second-order valence-corrected chi connectivity index (χ2v) is 5.84. The van der Waals surface area contributed by atoms with Gasteiger partial charge in [0.25, 0.3) is 0 Å². The van der Waals surface area contributed by atoms with Crippen molar-refractivity contribution in [3.63, 3.8) is 0 Å². The lowest BCUT2D eigenvalue weighted by molar-refractivity contribution is 0.704. The fourth-order valence-electron chi connectivity index (χ4n) is 2.43. The second-order valence-electron chi connectivity index (χ2n) is 5.41. The van der Waals surface area contributed by atoms with Crippen molar-refractivity contribution in [3.05, 3.63) is 28.8 Å². The highest BCUT2D eigenvalue weighted by Gasteiger charge is 2.33. The first-order valence-corrected chi connectivity index (χ1v) is 7.20. The van der Waals surface area contributed by atoms with Gasteiger partial charge in [-0.2, -0.15) is 0 Å². The molecule has 0 radical (unpaired) electrons. The van der Waals surface area contributed by atoms with Crippen LogP contribution in [0.1, 0.15) is 25.8 Å². The maximum atomic E-state index is 6.10. The Morgan fingerprint density at radius 2 is 2.17 bits per heavy atom. The smallest absolute Gasteiger partial charge is 0.0410 e. The Morgan fingerprint density at radius 1 is 1.44 bits per heavy atom. The molecule has 0 amide bonds. The second kappa shape index (κ2) is 5.94. The van der Waals surface area contributed by atoms with E-state index in [0.29, 0.717) is 0 Å². The number of hydrogen-bond donors (Lipinski definition) is 1. The summed E-state index contributed by atoms with van der Waals surface area (Å²) in [5.74, 6) is 1.77. The van der Waals surface area contributed by atoms with Gasteiger partial charge in [0.15, 0.2) is 0 Å². The van der Waals surface area contributed by atoms with Gasteiger partial charge >= 0.3 is 0 Å². The lowest BCUT2D eigenvalue weighted by Gasteiger charge is -2.23. The van der Waals surface area contributed by atoms with Gasteiger partial charge in [0.1, 0.15) is 0 Å². The fraction of sp³-hybridized carbons (Fsp3) is 0.600. The molecule has 1 aromatic rings. The van der Waals surface area contributed by atoms with Crippen LogP contribution < -0.4 is 10.2 Å². The van der Waals surface area contributed by atoms with Gasteiger partial charge in [-0.25, -0.2) is 0 Å². The number of benzene rings is 1. The Balaban J connectivity index is 2.09. The van der Waals surface area contributed by atoms with Gasteiger partial charge in [0, 0.05) is 30.8 Å². The molecule has 2 atom stereocenters. The van der Waals surface area contributed by atoms with E-state index in [1.165, 1.54) is 17.7 Å². The molecule has 100 valence electrons. The fourth-order valence-corrected chi connectivity index (χ4v) is 2.63. The number of rotatable bonds is 6. The average molecular weight is 267 g/mol. The minimum absolute atomic E-state index is 0.819. The molecule has 1 saturated carbocycles. The third kappa shape index (κ3) is 3.39. The summed E-state index contributed by atoms with van der Waals surface area (Å²) >= 11 is 6.10. The van der Waals surface area contributed by atoms with Crippen LogP contribution in [-0.4, -0.2) is 20.1 Å². The van der Waals surface area contributed by atoms with Gasteiger partial charge in [-0.1, -0.05) is 25.4 Å². The van der Waals surface area contributed by atoms with Crippen molar-refractivity contribution in [3.8, 4) is 0 Å². The Labute approximate surface area is 115 Å². The van der Waals surface area contributed by atoms with Crippen LogP contribution in [0, 0.1) is 11.8 Å². The normalized spacial score (nSPS) is 22.0. The van der Waals surface area contributed by atoms with E-state index >= 15 is 0 Å². The van der Waals surface area contributed by atoms with Gasteiger partial charge in [-0.05, 0) is 48.6 Å². The highest BCUT2D eigenvalue weighted by Crippen LogP contribution is 2.39. The lowest BCUT2D eigenvalue weighted by atomic mass is 10.1. The minimum atomic E-state index is 0.819. The first kappa shape index (κ1) is 13.7. The van der Waals surface area contributed by atoms with Crippen molar-refractivity contribution in [1.29, 1.82) is 0 Å². The van der Waals surface area contributed by atoms with E-state index in [9.17, 15) is 0 Å². The quantitative estimate of drug-likeness (QED) is 0.847. The highest BCUT2D eigenvalue weighted by molar-refractivity contribution is 6.30. The summed E-state index contributed by atoms with van der Waals surface area (Å²) in [6.07, 6.45) is 1.38. The lowest BCUT2D eigenvalue weighted by Crippen LogP contribution is -2.23. The molecule has 3 heteroatoms. The van der Waals surface area contributed by atoms with Gasteiger partial charge in [-0.15, -0.1) is 0 Å². The summed E-state index contributed by atoms with van der Waals surface area (Å²) in [5, 5.41) is 4.20. The molecule has 0 saturated heterocycles. The maximum Gasteiger partial charge on any atom is 0.0410 e. The number of nitrogens with zero attached hydrogens (tertiary/aromatic N) is 1. The summed E-state index contributed by atoms with van der Waals surface area (Å²) in [6, 6.07) is 6.20. The summed E-state index contributed by atoms with van der Waals surface area (Å²) < 4.78 is 0. The summed E-state index contributed by atoms with van der Waals surface area (Å²) in [4.78, 5) is 2.37.